The van der Waals surface area contributed by atoms with Crippen LogP contribution in [-0.2, 0) is 0 Å². The lowest BCUT2D eigenvalue weighted by molar-refractivity contribution is 0.0664. The highest BCUT2D eigenvalue weighted by molar-refractivity contribution is 9.10. The van der Waals surface area contributed by atoms with Crippen LogP contribution in [0.1, 0.15) is 20.7 Å². The molecular weight excluding hydrogens is 396 g/mol. The van der Waals surface area contributed by atoms with Crippen LogP contribution in [0.2, 0.25) is 0 Å². The number of aromatic nitrogens is 1. The Morgan fingerprint density at radius 2 is 1.77 bits per heavy atom. The summed E-state index contributed by atoms with van der Waals surface area (Å²) in [5.74, 6) is -0.450. The third-order valence-electron chi connectivity index (χ3n) is 5.00. The Kier molecular flexibility index (Phi) is 4.20. The van der Waals surface area contributed by atoms with Crippen molar-refractivity contribution in [2.75, 3.05) is 33.2 Å². The fraction of sp³-hybridized carbons (Fsp3) is 0.263. The molecule has 0 radical (unpaired) electrons. The Balaban J connectivity index is 1.81. The normalized spacial score (nSPS) is 15.7. The van der Waals surface area contributed by atoms with Gasteiger partial charge in [-0.05, 0) is 53.3 Å². The van der Waals surface area contributed by atoms with Crippen molar-refractivity contribution in [3.05, 3.63) is 45.9 Å². The summed E-state index contributed by atoms with van der Waals surface area (Å²) in [5, 5.41) is 1.76. The van der Waals surface area contributed by atoms with Crippen molar-refractivity contribution < 1.29 is 9.59 Å². The summed E-state index contributed by atoms with van der Waals surface area (Å²) >= 11 is 3.51. The van der Waals surface area contributed by atoms with Crippen molar-refractivity contribution in [2.24, 2.45) is 5.73 Å². The molecule has 2 aromatic carbocycles. The van der Waals surface area contributed by atoms with Gasteiger partial charge in [-0.15, -0.1) is 0 Å². The maximum atomic E-state index is 12.9. The molecule has 1 saturated heterocycles. The number of halogens is 1. The summed E-state index contributed by atoms with van der Waals surface area (Å²) < 4.78 is 0.651. The van der Waals surface area contributed by atoms with Crippen LogP contribution in [0, 0.1) is 0 Å². The van der Waals surface area contributed by atoms with Crippen LogP contribution in [-0.4, -0.2) is 59.8 Å². The quantitative estimate of drug-likeness (QED) is 0.675. The third-order valence-corrected chi connectivity index (χ3v) is 5.83. The SMILES string of the molecule is CN1CCN(C(=O)c2ccc3[nH]c4ccc(C(N)=O)c(Br)c4c3c2)CC1. The summed E-state index contributed by atoms with van der Waals surface area (Å²) in [6.07, 6.45) is 0. The van der Waals surface area contributed by atoms with Gasteiger partial charge in [0.25, 0.3) is 5.91 Å². The molecule has 134 valence electrons. The number of H-pyrrole nitrogens is 1. The van der Waals surface area contributed by atoms with E-state index in [1.807, 2.05) is 29.2 Å². The first-order valence-electron chi connectivity index (χ1n) is 8.47. The number of hydrogen-bond donors (Lipinski definition) is 2. The zero-order valence-corrected chi connectivity index (χ0v) is 16.0. The standard InChI is InChI=1S/C19H19BrN4O2/c1-23-6-8-24(9-7-23)19(26)11-2-4-14-13(10-11)16-15(22-14)5-3-12(17(16)20)18(21)25/h2-5,10,22H,6-9H2,1H3,(H2,21,25). The maximum Gasteiger partial charge on any atom is 0.253 e. The molecule has 0 atom stereocenters. The first-order chi connectivity index (χ1) is 12.5. The lowest BCUT2D eigenvalue weighted by Crippen LogP contribution is -2.47. The van der Waals surface area contributed by atoms with Gasteiger partial charge in [0.05, 0.1) is 5.56 Å². The second kappa shape index (κ2) is 6.41. The molecule has 1 fully saturated rings. The number of benzene rings is 2. The minimum Gasteiger partial charge on any atom is -0.366 e. The summed E-state index contributed by atoms with van der Waals surface area (Å²) in [4.78, 5) is 32.0. The van der Waals surface area contributed by atoms with Gasteiger partial charge in [0, 0.05) is 58.0 Å². The van der Waals surface area contributed by atoms with Crippen molar-refractivity contribution in [1.82, 2.24) is 14.8 Å². The first-order valence-corrected chi connectivity index (χ1v) is 9.26. The number of likely N-dealkylation sites (N-methyl/N-ethyl adjacent to an activating group) is 1. The van der Waals surface area contributed by atoms with Crippen LogP contribution in [0.15, 0.2) is 34.8 Å². The van der Waals surface area contributed by atoms with E-state index in [9.17, 15) is 9.59 Å². The number of amides is 2. The second-order valence-electron chi connectivity index (χ2n) is 6.69. The highest BCUT2D eigenvalue weighted by Gasteiger charge is 2.21. The number of nitrogens with zero attached hydrogens (tertiary/aromatic N) is 2. The minimum atomic E-state index is -0.488. The summed E-state index contributed by atoms with van der Waals surface area (Å²) in [7, 11) is 2.06. The Labute approximate surface area is 159 Å². The van der Waals surface area contributed by atoms with Crippen LogP contribution in [0.25, 0.3) is 21.8 Å². The number of fused-ring (bicyclic) bond motifs is 3. The lowest BCUT2D eigenvalue weighted by atomic mass is 10.1. The van der Waals surface area contributed by atoms with E-state index in [1.54, 1.807) is 6.07 Å². The monoisotopic (exact) mass is 414 g/mol. The molecule has 6 nitrogen and oxygen atoms in total. The molecule has 26 heavy (non-hydrogen) atoms. The van der Waals surface area contributed by atoms with E-state index >= 15 is 0 Å². The average Bonchev–Trinajstić information content (AvgIpc) is 3.00. The Hall–Kier alpha value is -2.38. The van der Waals surface area contributed by atoms with E-state index in [-0.39, 0.29) is 5.91 Å². The molecule has 2 heterocycles. The van der Waals surface area contributed by atoms with Crippen LogP contribution in [0.4, 0.5) is 0 Å². The molecule has 3 aromatic rings. The van der Waals surface area contributed by atoms with Crippen LogP contribution in [0.5, 0.6) is 0 Å². The molecule has 3 N–H and O–H groups in total. The average molecular weight is 415 g/mol. The number of carbonyl (C=O) groups excluding carboxylic acids is 2. The van der Waals surface area contributed by atoms with E-state index < -0.39 is 5.91 Å². The maximum absolute atomic E-state index is 12.9. The third kappa shape index (κ3) is 2.77. The molecule has 0 saturated carbocycles. The van der Waals surface area contributed by atoms with Gasteiger partial charge < -0.3 is 20.5 Å². The molecular formula is C19H19BrN4O2. The Morgan fingerprint density at radius 1 is 1.08 bits per heavy atom. The molecule has 0 bridgehead atoms. The predicted molar refractivity (Wildman–Crippen MR) is 105 cm³/mol. The number of primary amides is 1. The molecule has 1 aliphatic heterocycles. The molecule has 7 heteroatoms. The van der Waals surface area contributed by atoms with Gasteiger partial charge in [-0.1, -0.05) is 0 Å². The summed E-state index contributed by atoms with van der Waals surface area (Å²) in [6.45, 7) is 3.23. The van der Waals surface area contributed by atoms with Crippen LogP contribution >= 0.6 is 15.9 Å². The van der Waals surface area contributed by atoms with Gasteiger partial charge in [0.2, 0.25) is 5.91 Å². The van der Waals surface area contributed by atoms with Gasteiger partial charge in [0.15, 0.2) is 0 Å². The van der Waals surface area contributed by atoms with Crippen molar-refractivity contribution in [1.29, 1.82) is 0 Å². The van der Waals surface area contributed by atoms with Gasteiger partial charge in [-0.3, -0.25) is 9.59 Å². The lowest BCUT2D eigenvalue weighted by Gasteiger charge is -2.32. The first kappa shape index (κ1) is 17.1. The van der Waals surface area contributed by atoms with E-state index in [1.165, 1.54) is 0 Å². The minimum absolute atomic E-state index is 0.0385. The molecule has 2 amide bonds. The van der Waals surface area contributed by atoms with Crippen molar-refractivity contribution >= 4 is 49.6 Å². The fourth-order valence-corrected chi connectivity index (χ4v) is 4.22. The van der Waals surface area contributed by atoms with Gasteiger partial charge >= 0.3 is 0 Å². The number of aromatic amines is 1. The largest absolute Gasteiger partial charge is 0.366 e. The summed E-state index contributed by atoms with van der Waals surface area (Å²) in [6, 6.07) is 9.18. The van der Waals surface area contributed by atoms with Crippen molar-refractivity contribution in [3.8, 4) is 0 Å². The Morgan fingerprint density at radius 3 is 2.46 bits per heavy atom. The van der Waals surface area contributed by atoms with Gasteiger partial charge in [0.1, 0.15) is 0 Å². The molecule has 0 spiro atoms. The number of piperazine rings is 1. The zero-order valence-electron chi connectivity index (χ0n) is 14.4. The number of nitrogens with two attached hydrogens (primary N) is 1. The molecule has 1 aliphatic rings. The highest BCUT2D eigenvalue weighted by Crippen LogP contribution is 2.34. The van der Waals surface area contributed by atoms with Gasteiger partial charge in [-0.2, -0.15) is 0 Å². The van der Waals surface area contributed by atoms with E-state index in [0.29, 0.717) is 15.6 Å². The number of hydrogen-bond acceptors (Lipinski definition) is 3. The summed E-state index contributed by atoms with van der Waals surface area (Å²) in [5.41, 5.74) is 8.34. The molecule has 1 aromatic heterocycles. The van der Waals surface area contributed by atoms with Gasteiger partial charge in [-0.25, -0.2) is 0 Å². The van der Waals surface area contributed by atoms with Crippen LogP contribution < -0.4 is 5.73 Å². The number of carbonyl (C=O) groups is 2. The predicted octanol–water partition coefficient (Wildman–Crippen LogP) is 2.57. The van der Waals surface area contributed by atoms with Crippen molar-refractivity contribution in [2.45, 2.75) is 0 Å². The van der Waals surface area contributed by atoms with E-state index in [0.717, 1.165) is 48.0 Å². The molecule has 0 unspecified atom stereocenters. The molecule has 0 aliphatic carbocycles. The topological polar surface area (TPSA) is 82.4 Å². The highest BCUT2D eigenvalue weighted by atomic mass is 79.9. The number of nitrogens with one attached hydrogen (secondary N) is 1. The fourth-order valence-electron chi connectivity index (χ4n) is 3.46. The number of rotatable bonds is 2. The Bertz CT molecular complexity index is 1030. The molecule has 4 rings (SSSR count). The second-order valence-corrected chi connectivity index (χ2v) is 7.49. The zero-order chi connectivity index (χ0) is 18.4. The van der Waals surface area contributed by atoms with Crippen molar-refractivity contribution in [3.63, 3.8) is 0 Å². The van der Waals surface area contributed by atoms with E-state index in [2.05, 4.69) is 32.9 Å². The van der Waals surface area contributed by atoms with E-state index in [4.69, 9.17) is 5.73 Å². The van der Waals surface area contributed by atoms with Crippen LogP contribution in [0.3, 0.4) is 0 Å². The smallest absolute Gasteiger partial charge is 0.253 e.